The molecular weight excluding hydrogens is 259 g/mol. The van der Waals surface area contributed by atoms with Crippen molar-refractivity contribution in [1.29, 1.82) is 0 Å². The zero-order valence-corrected chi connectivity index (χ0v) is 11.6. The van der Waals surface area contributed by atoms with Crippen LogP contribution in [-0.4, -0.2) is 39.3 Å². The molecule has 1 aromatic carbocycles. The number of ether oxygens (including phenoxy) is 1. The third kappa shape index (κ3) is 1.84. The number of hydrogen-bond acceptors (Lipinski definition) is 3. The average Bonchev–Trinajstić information content (AvgIpc) is 2.69. The van der Waals surface area contributed by atoms with Gasteiger partial charge in [-0.2, -0.15) is 0 Å². The number of benzene rings is 1. The molecule has 0 aromatic heterocycles. The fraction of sp³-hybridized carbons (Fsp3) is 0.533. The Labute approximate surface area is 117 Å². The SMILES string of the molecule is COCCN1C(=O)C2(CCNCC2)c2c(F)cccc21. The second-order valence-corrected chi connectivity index (χ2v) is 5.42. The van der Waals surface area contributed by atoms with Gasteiger partial charge >= 0.3 is 0 Å². The van der Waals surface area contributed by atoms with E-state index in [2.05, 4.69) is 5.32 Å². The molecule has 0 saturated carbocycles. The van der Waals surface area contributed by atoms with E-state index in [1.807, 2.05) is 6.07 Å². The molecule has 108 valence electrons. The van der Waals surface area contributed by atoms with Gasteiger partial charge in [0, 0.05) is 19.2 Å². The van der Waals surface area contributed by atoms with Gasteiger partial charge in [0.15, 0.2) is 0 Å². The molecule has 0 unspecified atom stereocenters. The number of rotatable bonds is 3. The molecule has 3 rings (SSSR count). The summed E-state index contributed by atoms with van der Waals surface area (Å²) in [5.41, 5.74) is 0.621. The third-order valence-corrected chi connectivity index (χ3v) is 4.39. The quantitative estimate of drug-likeness (QED) is 0.909. The summed E-state index contributed by atoms with van der Waals surface area (Å²) in [6.07, 6.45) is 1.31. The Kier molecular flexibility index (Phi) is 3.48. The number of methoxy groups -OCH3 is 1. The highest BCUT2D eigenvalue weighted by atomic mass is 19.1. The summed E-state index contributed by atoms with van der Waals surface area (Å²) in [5, 5.41) is 3.25. The maximum absolute atomic E-state index is 14.4. The Morgan fingerprint density at radius 2 is 2.15 bits per heavy atom. The van der Waals surface area contributed by atoms with Crippen LogP contribution in [0.1, 0.15) is 18.4 Å². The number of halogens is 1. The number of amides is 1. The van der Waals surface area contributed by atoms with E-state index in [0.717, 1.165) is 13.1 Å². The molecule has 2 aliphatic rings. The molecule has 1 fully saturated rings. The van der Waals surface area contributed by atoms with E-state index in [-0.39, 0.29) is 11.7 Å². The Bertz CT molecular complexity index is 527. The topological polar surface area (TPSA) is 41.6 Å². The van der Waals surface area contributed by atoms with E-state index in [1.54, 1.807) is 18.1 Å². The van der Waals surface area contributed by atoms with Crippen molar-refractivity contribution in [2.75, 3.05) is 38.3 Å². The minimum absolute atomic E-state index is 0.0242. The van der Waals surface area contributed by atoms with Crippen LogP contribution in [0.4, 0.5) is 10.1 Å². The van der Waals surface area contributed by atoms with Crippen LogP contribution >= 0.6 is 0 Å². The van der Waals surface area contributed by atoms with E-state index in [1.165, 1.54) is 6.07 Å². The lowest BCUT2D eigenvalue weighted by Gasteiger charge is -2.33. The first-order valence-electron chi connectivity index (χ1n) is 7.01. The van der Waals surface area contributed by atoms with Crippen molar-refractivity contribution < 1.29 is 13.9 Å². The molecule has 1 spiro atoms. The molecule has 0 bridgehead atoms. The van der Waals surface area contributed by atoms with Gasteiger partial charge < -0.3 is 15.0 Å². The van der Waals surface area contributed by atoms with E-state index >= 15 is 0 Å². The number of nitrogens with one attached hydrogen (secondary N) is 1. The fourth-order valence-corrected chi connectivity index (χ4v) is 3.41. The lowest BCUT2D eigenvalue weighted by atomic mass is 9.74. The van der Waals surface area contributed by atoms with Crippen molar-refractivity contribution in [2.45, 2.75) is 18.3 Å². The first-order chi connectivity index (χ1) is 9.70. The molecule has 1 aromatic rings. The van der Waals surface area contributed by atoms with Gasteiger partial charge in [-0.05, 0) is 38.1 Å². The number of carbonyl (C=O) groups excluding carboxylic acids is 1. The zero-order chi connectivity index (χ0) is 14.2. The van der Waals surface area contributed by atoms with Crippen LogP contribution in [0.2, 0.25) is 0 Å². The van der Waals surface area contributed by atoms with Crippen LogP contribution in [-0.2, 0) is 14.9 Å². The normalized spacial score (nSPS) is 20.5. The van der Waals surface area contributed by atoms with Gasteiger partial charge in [0.25, 0.3) is 0 Å². The van der Waals surface area contributed by atoms with Gasteiger partial charge in [-0.3, -0.25) is 4.79 Å². The molecule has 1 amide bonds. The van der Waals surface area contributed by atoms with Gasteiger partial charge in [0.2, 0.25) is 5.91 Å². The second-order valence-electron chi connectivity index (χ2n) is 5.42. The molecule has 0 aliphatic carbocycles. The summed E-state index contributed by atoms with van der Waals surface area (Å²) in [7, 11) is 1.60. The standard InChI is InChI=1S/C15H19FN2O2/c1-20-10-9-18-12-4-2-3-11(16)13(12)15(14(18)19)5-7-17-8-6-15/h2-4,17H,5-10H2,1H3. The van der Waals surface area contributed by atoms with Crippen LogP contribution in [0.5, 0.6) is 0 Å². The number of piperidine rings is 1. The summed E-state index contributed by atoms with van der Waals surface area (Å²) in [6.45, 7) is 2.42. The first-order valence-corrected chi connectivity index (χ1v) is 7.01. The molecule has 1 N–H and O–H groups in total. The average molecular weight is 278 g/mol. The van der Waals surface area contributed by atoms with Gasteiger partial charge in [0.1, 0.15) is 5.82 Å². The molecular formula is C15H19FN2O2. The molecule has 4 nitrogen and oxygen atoms in total. The van der Waals surface area contributed by atoms with Gasteiger partial charge in [0.05, 0.1) is 17.7 Å². The summed E-state index contributed by atoms with van der Waals surface area (Å²) in [6, 6.07) is 4.96. The molecule has 0 atom stereocenters. The van der Waals surface area contributed by atoms with Crippen molar-refractivity contribution >= 4 is 11.6 Å². The van der Waals surface area contributed by atoms with Crippen LogP contribution in [0.3, 0.4) is 0 Å². The van der Waals surface area contributed by atoms with Crippen molar-refractivity contribution in [3.05, 3.63) is 29.6 Å². The third-order valence-electron chi connectivity index (χ3n) is 4.39. The van der Waals surface area contributed by atoms with Gasteiger partial charge in [-0.15, -0.1) is 0 Å². The Morgan fingerprint density at radius 3 is 2.85 bits per heavy atom. The maximum atomic E-state index is 14.4. The predicted molar refractivity (Wildman–Crippen MR) is 74.4 cm³/mol. The van der Waals surface area contributed by atoms with Crippen molar-refractivity contribution in [3.8, 4) is 0 Å². The monoisotopic (exact) mass is 278 g/mol. The fourth-order valence-electron chi connectivity index (χ4n) is 3.41. The van der Waals surface area contributed by atoms with Crippen molar-refractivity contribution in [3.63, 3.8) is 0 Å². The smallest absolute Gasteiger partial charge is 0.238 e. The Balaban J connectivity index is 2.08. The molecule has 2 aliphatic heterocycles. The largest absolute Gasteiger partial charge is 0.383 e. The highest BCUT2D eigenvalue weighted by molar-refractivity contribution is 6.08. The Morgan fingerprint density at radius 1 is 1.40 bits per heavy atom. The number of carbonyl (C=O) groups is 1. The van der Waals surface area contributed by atoms with E-state index in [9.17, 15) is 9.18 Å². The number of hydrogen-bond donors (Lipinski definition) is 1. The highest BCUT2D eigenvalue weighted by Gasteiger charge is 2.52. The molecule has 5 heteroatoms. The lowest BCUT2D eigenvalue weighted by molar-refractivity contribution is -0.124. The minimum atomic E-state index is -0.681. The predicted octanol–water partition coefficient (Wildman–Crippen LogP) is 1.44. The summed E-state index contributed by atoms with van der Waals surface area (Å²) in [5.74, 6) is -0.242. The second kappa shape index (κ2) is 5.14. The number of anilines is 1. The molecule has 2 heterocycles. The summed E-state index contributed by atoms with van der Waals surface area (Å²) in [4.78, 5) is 14.6. The van der Waals surface area contributed by atoms with Crippen molar-refractivity contribution in [1.82, 2.24) is 5.32 Å². The summed E-state index contributed by atoms with van der Waals surface area (Å²) >= 11 is 0. The lowest BCUT2D eigenvalue weighted by Crippen LogP contribution is -2.48. The first kappa shape index (κ1) is 13.5. The summed E-state index contributed by atoms with van der Waals surface area (Å²) < 4.78 is 19.4. The molecule has 0 radical (unpaired) electrons. The highest BCUT2D eigenvalue weighted by Crippen LogP contribution is 2.48. The molecule has 20 heavy (non-hydrogen) atoms. The van der Waals surface area contributed by atoms with E-state index < -0.39 is 5.41 Å². The van der Waals surface area contributed by atoms with E-state index in [4.69, 9.17) is 4.74 Å². The van der Waals surface area contributed by atoms with Crippen LogP contribution in [0.25, 0.3) is 0 Å². The zero-order valence-electron chi connectivity index (χ0n) is 11.6. The van der Waals surface area contributed by atoms with E-state index in [0.29, 0.717) is 37.2 Å². The van der Waals surface area contributed by atoms with Crippen LogP contribution in [0, 0.1) is 5.82 Å². The van der Waals surface area contributed by atoms with Crippen molar-refractivity contribution in [2.24, 2.45) is 0 Å². The Hall–Kier alpha value is -1.46. The van der Waals surface area contributed by atoms with Gasteiger partial charge in [-0.1, -0.05) is 6.07 Å². The van der Waals surface area contributed by atoms with Gasteiger partial charge in [-0.25, -0.2) is 4.39 Å². The number of nitrogens with zero attached hydrogens (tertiary/aromatic N) is 1. The minimum Gasteiger partial charge on any atom is -0.383 e. The maximum Gasteiger partial charge on any atom is 0.238 e. The van der Waals surface area contributed by atoms with Crippen LogP contribution < -0.4 is 10.2 Å². The van der Waals surface area contributed by atoms with Crippen LogP contribution in [0.15, 0.2) is 18.2 Å². The molecule has 1 saturated heterocycles. The number of fused-ring (bicyclic) bond motifs is 2.